The minimum Gasteiger partial charge on any atom is -0.484 e. The van der Waals surface area contributed by atoms with Crippen molar-refractivity contribution in [3.05, 3.63) is 34.1 Å². The molecule has 0 aliphatic heterocycles. The van der Waals surface area contributed by atoms with Gasteiger partial charge in [0.25, 0.3) is 5.91 Å². The summed E-state index contributed by atoms with van der Waals surface area (Å²) < 4.78 is 18.5. The van der Waals surface area contributed by atoms with Crippen LogP contribution < -0.4 is 10.1 Å². The molecule has 0 bridgehead atoms. The molecular formula is C15H17FN2O6. The predicted octanol–water partition coefficient (Wildman–Crippen LogP) is 1.87. The van der Waals surface area contributed by atoms with Gasteiger partial charge in [0.1, 0.15) is 5.75 Å². The largest absolute Gasteiger partial charge is 0.484 e. The van der Waals surface area contributed by atoms with Crippen LogP contribution in [0.1, 0.15) is 25.7 Å². The number of ether oxygens (including phenoxy) is 1. The maximum absolute atomic E-state index is 13.4. The van der Waals surface area contributed by atoms with Gasteiger partial charge >= 0.3 is 11.7 Å². The van der Waals surface area contributed by atoms with Crippen molar-refractivity contribution in [1.29, 1.82) is 0 Å². The highest BCUT2D eigenvalue weighted by molar-refractivity contribution is 5.78. The van der Waals surface area contributed by atoms with E-state index in [1.54, 1.807) is 0 Å². The quantitative estimate of drug-likeness (QED) is 0.603. The van der Waals surface area contributed by atoms with Crippen LogP contribution in [-0.2, 0) is 9.59 Å². The number of benzene rings is 1. The molecule has 1 aromatic rings. The first-order valence-corrected chi connectivity index (χ1v) is 7.45. The summed E-state index contributed by atoms with van der Waals surface area (Å²) in [6.07, 6.45) is 2.17. The van der Waals surface area contributed by atoms with Gasteiger partial charge in [-0.2, -0.15) is 4.39 Å². The highest BCUT2D eigenvalue weighted by atomic mass is 19.1. The number of hydrogen-bond acceptors (Lipinski definition) is 5. The molecule has 0 atom stereocenters. The molecule has 0 heterocycles. The number of nitro benzene ring substituents is 1. The van der Waals surface area contributed by atoms with Gasteiger partial charge in [0.2, 0.25) is 5.82 Å². The average Bonchev–Trinajstić information content (AvgIpc) is 2.53. The van der Waals surface area contributed by atoms with Crippen molar-refractivity contribution in [2.24, 2.45) is 5.92 Å². The van der Waals surface area contributed by atoms with Crippen molar-refractivity contribution in [1.82, 2.24) is 5.32 Å². The highest BCUT2D eigenvalue weighted by Crippen LogP contribution is 2.25. The number of carboxylic acid groups (broad SMARTS) is 1. The van der Waals surface area contributed by atoms with Crippen molar-refractivity contribution in [2.75, 3.05) is 6.61 Å². The van der Waals surface area contributed by atoms with E-state index in [0.29, 0.717) is 25.7 Å². The Morgan fingerprint density at radius 2 is 2.00 bits per heavy atom. The number of carbonyl (C=O) groups is 2. The van der Waals surface area contributed by atoms with Crippen LogP contribution in [0.3, 0.4) is 0 Å². The topological polar surface area (TPSA) is 119 Å². The molecular weight excluding hydrogens is 323 g/mol. The zero-order valence-corrected chi connectivity index (χ0v) is 12.7. The third-order valence-electron chi connectivity index (χ3n) is 3.93. The van der Waals surface area contributed by atoms with Gasteiger partial charge in [-0.25, -0.2) is 0 Å². The van der Waals surface area contributed by atoms with Gasteiger partial charge in [-0.15, -0.1) is 0 Å². The van der Waals surface area contributed by atoms with Gasteiger partial charge in [0.15, 0.2) is 6.61 Å². The van der Waals surface area contributed by atoms with E-state index >= 15 is 0 Å². The first-order valence-electron chi connectivity index (χ1n) is 7.45. The summed E-state index contributed by atoms with van der Waals surface area (Å²) in [4.78, 5) is 32.3. The van der Waals surface area contributed by atoms with Crippen LogP contribution in [0.5, 0.6) is 5.75 Å². The van der Waals surface area contributed by atoms with Crippen LogP contribution in [0.25, 0.3) is 0 Å². The molecule has 0 radical (unpaired) electrons. The summed E-state index contributed by atoms with van der Waals surface area (Å²) in [6, 6.07) is 2.93. The number of amides is 1. The molecule has 2 N–H and O–H groups in total. The maximum Gasteiger partial charge on any atom is 0.306 e. The number of aliphatic carboxylic acids is 1. The first-order chi connectivity index (χ1) is 11.4. The van der Waals surface area contributed by atoms with Crippen LogP contribution in [0.4, 0.5) is 10.1 Å². The van der Waals surface area contributed by atoms with E-state index in [4.69, 9.17) is 9.84 Å². The standard InChI is InChI=1S/C15H17FN2O6/c16-12-7-11(5-6-13(12)18(22)23)24-8-14(19)17-10-3-1-9(2-4-10)15(20)21/h5-7,9-10H,1-4,8H2,(H,17,19)(H,20,21). The number of nitrogens with one attached hydrogen (secondary N) is 1. The normalized spacial score (nSPS) is 20.2. The maximum atomic E-state index is 13.4. The molecule has 24 heavy (non-hydrogen) atoms. The number of halogens is 1. The second-order valence-corrected chi connectivity index (χ2v) is 5.61. The molecule has 2 rings (SSSR count). The molecule has 130 valence electrons. The van der Waals surface area contributed by atoms with E-state index in [2.05, 4.69) is 5.32 Å². The molecule has 1 amide bonds. The highest BCUT2D eigenvalue weighted by Gasteiger charge is 2.26. The summed E-state index contributed by atoms with van der Waals surface area (Å²) in [5.41, 5.74) is -0.665. The van der Waals surface area contributed by atoms with Crippen molar-refractivity contribution in [2.45, 2.75) is 31.7 Å². The molecule has 0 saturated heterocycles. The van der Waals surface area contributed by atoms with Gasteiger partial charge in [0, 0.05) is 18.2 Å². The fourth-order valence-corrected chi connectivity index (χ4v) is 2.63. The SMILES string of the molecule is O=C(COc1ccc([N+](=O)[O-])c(F)c1)NC1CCC(C(=O)O)CC1. The predicted molar refractivity (Wildman–Crippen MR) is 80.1 cm³/mol. The molecule has 0 aromatic heterocycles. The van der Waals surface area contributed by atoms with Crippen LogP contribution in [0.2, 0.25) is 0 Å². The molecule has 0 spiro atoms. The summed E-state index contributed by atoms with van der Waals surface area (Å²) in [5.74, 6) is -2.61. The summed E-state index contributed by atoms with van der Waals surface area (Å²) in [5, 5.41) is 22.2. The van der Waals surface area contributed by atoms with Crippen molar-refractivity contribution < 1.29 is 28.7 Å². The van der Waals surface area contributed by atoms with Gasteiger partial charge in [0.05, 0.1) is 10.8 Å². The number of carbonyl (C=O) groups excluding carboxylic acids is 1. The third kappa shape index (κ3) is 4.64. The lowest BCUT2D eigenvalue weighted by atomic mass is 9.86. The Morgan fingerprint density at radius 1 is 1.33 bits per heavy atom. The van der Waals surface area contributed by atoms with Gasteiger partial charge in [-0.05, 0) is 31.7 Å². The summed E-state index contributed by atoms with van der Waals surface area (Å²) in [6.45, 7) is -0.351. The Hall–Kier alpha value is -2.71. The summed E-state index contributed by atoms with van der Waals surface area (Å²) in [7, 11) is 0. The van der Waals surface area contributed by atoms with Gasteiger partial charge in [-0.1, -0.05) is 0 Å². The van der Waals surface area contributed by atoms with Crippen molar-refractivity contribution >= 4 is 17.6 Å². The number of hydrogen-bond donors (Lipinski definition) is 2. The zero-order valence-electron chi connectivity index (χ0n) is 12.7. The minimum absolute atomic E-state index is 0.0165. The average molecular weight is 340 g/mol. The Bertz CT molecular complexity index is 643. The van der Waals surface area contributed by atoms with Crippen LogP contribution in [0.15, 0.2) is 18.2 Å². The number of nitrogens with zero attached hydrogens (tertiary/aromatic N) is 1. The number of carboxylic acids is 1. The van der Waals surface area contributed by atoms with Crippen molar-refractivity contribution in [3.8, 4) is 5.75 Å². The zero-order chi connectivity index (χ0) is 17.7. The molecule has 1 aliphatic carbocycles. The molecule has 0 unspecified atom stereocenters. The van der Waals surface area contributed by atoms with E-state index in [-0.39, 0.29) is 24.3 Å². The Labute approximate surface area is 136 Å². The van der Waals surface area contributed by atoms with E-state index in [1.165, 1.54) is 6.07 Å². The fraction of sp³-hybridized carbons (Fsp3) is 0.467. The molecule has 1 saturated carbocycles. The van der Waals surface area contributed by atoms with Crippen LogP contribution in [0, 0.1) is 21.8 Å². The van der Waals surface area contributed by atoms with E-state index in [9.17, 15) is 24.1 Å². The van der Waals surface area contributed by atoms with Crippen LogP contribution in [-0.4, -0.2) is 34.6 Å². The first kappa shape index (κ1) is 17.6. The smallest absolute Gasteiger partial charge is 0.306 e. The Balaban J connectivity index is 1.78. The lowest BCUT2D eigenvalue weighted by molar-refractivity contribution is -0.387. The van der Waals surface area contributed by atoms with Crippen molar-refractivity contribution in [3.63, 3.8) is 0 Å². The number of rotatable bonds is 6. The Kier molecular flexibility index (Phi) is 5.67. The lowest BCUT2D eigenvalue weighted by Crippen LogP contribution is -2.40. The molecule has 8 nitrogen and oxygen atoms in total. The second kappa shape index (κ2) is 7.71. The van der Waals surface area contributed by atoms with E-state index in [1.807, 2.05) is 0 Å². The summed E-state index contributed by atoms with van der Waals surface area (Å²) >= 11 is 0. The van der Waals surface area contributed by atoms with Gasteiger partial charge < -0.3 is 15.2 Å². The minimum atomic E-state index is -1.04. The second-order valence-electron chi connectivity index (χ2n) is 5.61. The van der Waals surface area contributed by atoms with Gasteiger partial charge in [-0.3, -0.25) is 19.7 Å². The lowest BCUT2D eigenvalue weighted by Gasteiger charge is -2.26. The van der Waals surface area contributed by atoms with E-state index in [0.717, 1.165) is 12.1 Å². The third-order valence-corrected chi connectivity index (χ3v) is 3.93. The number of nitro groups is 1. The molecule has 9 heteroatoms. The molecule has 1 aliphatic rings. The Morgan fingerprint density at radius 3 is 2.54 bits per heavy atom. The molecule has 1 aromatic carbocycles. The van der Waals surface area contributed by atoms with E-state index < -0.39 is 28.3 Å². The van der Waals surface area contributed by atoms with Crippen LogP contribution >= 0.6 is 0 Å². The fourth-order valence-electron chi connectivity index (χ4n) is 2.63. The molecule has 1 fully saturated rings. The monoisotopic (exact) mass is 340 g/mol.